The molecule has 3 aromatic rings. The maximum Gasteiger partial charge on any atom is 0.257 e. The Kier molecular flexibility index (Phi) is 8.48. The van der Waals surface area contributed by atoms with E-state index in [9.17, 15) is 9.59 Å². The first kappa shape index (κ1) is 25.6. The van der Waals surface area contributed by atoms with Gasteiger partial charge in [-0.2, -0.15) is 4.98 Å². The van der Waals surface area contributed by atoms with Crippen LogP contribution in [0.25, 0.3) is 11.5 Å². The summed E-state index contributed by atoms with van der Waals surface area (Å²) in [6.45, 7) is 7.34. The minimum absolute atomic E-state index is 0.0435. The van der Waals surface area contributed by atoms with Crippen molar-refractivity contribution in [3.05, 3.63) is 71.0 Å². The average Bonchev–Trinajstić information content (AvgIpc) is 3.37. The summed E-state index contributed by atoms with van der Waals surface area (Å²) in [6.07, 6.45) is 4.24. The number of amides is 2. The van der Waals surface area contributed by atoms with Gasteiger partial charge in [0, 0.05) is 55.8 Å². The third-order valence-electron chi connectivity index (χ3n) is 6.80. The van der Waals surface area contributed by atoms with Gasteiger partial charge in [-0.05, 0) is 69.6 Å². The summed E-state index contributed by atoms with van der Waals surface area (Å²) in [5.41, 5.74) is 3.12. The third kappa shape index (κ3) is 6.57. The normalized spacial score (nSPS) is 16.0. The lowest BCUT2D eigenvalue weighted by molar-refractivity contribution is 0.0795. The quantitative estimate of drug-likeness (QED) is 0.489. The van der Waals surface area contributed by atoms with Gasteiger partial charge in [-0.25, -0.2) is 0 Å². The van der Waals surface area contributed by atoms with Gasteiger partial charge < -0.3 is 14.7 Å². The lowest BCUT2D eigenvalue weighted by atomic mass is 10.0. The van der Waals surface area contributed by atoms with Crippen LogP contribution in [0.2, 0.25) is 0 Å². The molecule has 190 valence electrons. The van der Waals surface area contributed by atoms with E-state index in [1.165, 1.54) is 19.3 Å². The SMILES string of the molecule is Cc1ccc(C(=O)N(C)CCc2noc(-c3ccc(C(=O)NCCN4CCCCC4C)cc3)n2)cc1. The molecule has 8 nitrogen and oxygen atoms in total. The van der Waals surface area contributed by atoms with Crippen molar-refractivity contribution in [3.8, 4) is 11.5 Å². The van der Waals surface area contributed by atoms with Crippen molar-refractivity contribution in [1.29, 1.82) is 0 Å². The average molecular weight is 490 g/mol. The molecule has 1 aliphatic heterocycles. The Labute approximate surface area is 212 Å². The Morgan fingerprint density at radius 2 is 1.81 bits per heavy atom. The maximum atomic E-state index is 12.6. The molecular weight excluding hydrogens is 454 g/mol. The molecule has 0 bridgehead atoms. The summed E-state index contributed by atoms with van der Waals surface area (Å²) in [5, 5.41) is 7.07. The minimum Gasteiger partial charge on any atom is -0.351 e. The number of nitrogens with one attached hydrogen (secondary N) is 1. The summed E-state index contributed by atoms with van der Waals surface area (Å²) in [7, 11) is 1.76. The van der Waals surface area contributed by atoms with Gasteiger partial charge in [-0.3, -0.25) is 14.5 Å². The van der Waals surface area contributed by atoms with Gasteiger partial charge in [0.15, 0.2) is 5.82 Å². The molecule has 0 spiro atoms. The van der Waals surface area contributed by atoms with E-state index in [1.807, 2.05) is 43.3 Å². The molecule has 1 N–H and O–H groups in total. The Balaban J connectivity index is 1.26. The van der Waals surface area contributed by atoms with Crippen LogP contribution in [-0.2, 0) is 6.42 Å². The van der Waals surface area contributed by atoms with Crippen molar-refractivity contribution in [3.63, 3.8) is 0 Å². The van der Waals surface area contributed by atoms with Crippen LogP contribution in [-0.4, -0.2) is 71.0 Å². The van der Waals surface area contributed by atoms with Crippen LogP contribution in [0.5, 0.6) is 0 Å². The topological polar surface area (TPSA) is 91.6 Å². The number of carbonyl (C=O) groups excluding carboxylic acids is 2. The lowest BCUT2D eigenvalue weighted by Gasteiger charge is -2.33. The Hall–Kier alpha value is -3.52. The predicted octanol–water partition coefficient (Wildman–Crippen LogP) is 3.96. The van der Waals surface area contributed by atoms with E-state index in [0.29, 0.717) is 48.4 Å². The molecule has 2 amide bonds. The van der Waals surface area contributed by atoms with Crippen LogP contribution in [0.15, 0.2) is 53.1 Å². The highest BCUT2D eigenvalue weighted by molar-refractivity contribution is 5.94. The highest BCUT2D eigenvalue weighted by atomic mass is 16.5. The van der Waals surface area contributed by atoms with E-state index < -0.39 is 0 Å². The van der Waals surface area contributed by atoms with Crippen LogP contribution < -0.4 is 5.32 Å². The Bertz CT molecular complexity index is 1160. The smallest absolute Gasteiger partial charge is 0.257 e. The fraction of sp³-hybridized carbons (Fsp3) is 0.429. The molecule has 1 aliphatic rings. The Morgan fingerprint density at radius 1 is 1.08 bits per heavy atom. The minimum atomic E-state index is -0.0845. The second kappa shape index (κ2) is 11.9. The molecule has 1 unspecified atom stereocenters. The van der Waals surface area contributed by atoms with Gasteiger partial charge in [0.2, 0.25) is 0 Å². The van der Waals surface area contributed by atoms with Crippen molar-refractivity contribution >= 4 is 11.8 Å². The summed E-state index contributed by atoms with van der Waals surface area (Å²) in [6, 6.07) is 15.3. The van der Waals surface area contributed by atoms with E-state index >= 15 is 0 Å². The first-order chi connectivity index (χ1) is 17.4. The zero-order valence-corrected chi connectivity index (χ0v) is 21.4. The lowest BCUT2D eigenvalue weighted by Crippen LogP contribution is -2.42. The van der Waals surface area contributed by atoms with E-state index in [0.717, 1.165) is 24.2 Å². The number of hydrogen-bond acceptors (Lipinski definition) is 6. The number of rotatable bonds is 9. The summed E-state index contributed by atoms with van der Waals surface area (Å²) >= 11 is 0. The first-order valence-electron chi connectivity index (χ1n) is 12.7. The predicted molar refractivity (Wildman–Crippen MR) is 139 cm³/mol. The monoisotopic (exact) mass is 489 g/mol. The van der Waals surface area contributed by atoms with E-state index in [1.54, 1.807) is 24.1 Å². The van der Waals surface area contributed by atoms with Gasteiger partial charge in [0.05, 0.1) is 0 Å². The van der Waals surface area contributed by atoms with Crippen molar-refractivity contribution in [2.75, 3.05) is 33.2 Å². The van der Waals surface area contributed by atoms with E-state index in [4.69, 9.17) is 4.52 Å². The van der Waals surface area contributed by atoms with Gasteiger partial charge in [0.1, 0.15) is 0 Å². The number of carbonyl (C=O) groups is 2. The number of aryl methyl sites for hydroxylation is 1. The largest absolute Gasteiger partial charge is 0.351 e. The van der Waals surface area contributed by atoms with Crippen LogP contribution >= 0.6 is 0 Å². The van der Waals surface area contributed by atoms with Crippen LogP contribution in [0, 0.1) is 6.92 Å². The van der Waals surface area contributed by atoms with Crippen molar-refractivity contribution in [1.82, 2.24) is 25.3 Å². The summed E-state index contributed by atoms with van der Waals surface area (Å²) in [4.78, 5) is 33.7. The van der Waals surface area contributed by atoms with Crippen molar-refractivity contribution in [2.45, 2.75) is 45.6 Å². The molecule has 1 fully saturated rings. The van der Waals surface area contributed by atoms with Gasteiger partial charge in [0.25, 0.3) is 17.7 Å². The second-order valence-corrected chi connectivity index (χ2v) is 9.57. The van der Waals surface area contributed by atoms with Gasteiger partial charge in [-0.15, -0.1) is 0 Å². The van der Waals surface area contributed by atoms with Crippen LogP contribution in [0.3, 0.4) is 0 Å². The van der Waals surface area contributed by atoms with E-state index in [-0.39, 0.29) is 11.8 Å². The van der Waals surface area contributed by atoms with Crippen LogP contribution in [0.4, 0.5) is 0 Å². The molecule has 0 aliphatic carbocycles. The number of aromatic nitrogens is 2. The molecule has 2 aromatic carbocycles. The summed E-state index contributed by atoms with van der Waals surface area (Å²) in [5.74, 6) is 0.794. The number of piperidine rings is 1. The van der Waals surface area contributed by atoms with Crippen molar-refractivity contribution in [2.24, 2.45) is 0 Å². The molecule has 4 rings (SSSR count). The zero-order chi connectivity index (χ0) is 25.5. The molecule has 0 radical (unpaired) electrons. The van der Waals surface area contributed by atoms with E-state index in [2.05, 4.69) is 27.3 Å². The molecule has 1 saturated heterocycles. The molecular formula is C28H35N5O3. The fourth-order valence-electron chi connectivity index (χ4n) is 4.43. The maximum absolute atomic E-state index is 12.6. The van der Waals surface area contributed by atoms with Crippen molar-refractivity contribution < 1.29 is 14.1 Å². The molecule has 8 heteroatoms. The number of hydrogen-bond donors (Lipinski definition) is 1. The molecule has 2 heterocycles. The fourth-order valence-corrected chi connectivity index (χ4v) is 4.43. The van der Waals surface area contributed by atoms with Crippen LogP contribution in [0.1, 0.15) is 58.3 Å². The molecule has 1 aromatic heterocycles. The number of likely N-dealkylation sites (N-methyl/N-ethyl adjacent to an activating group) is 1. The highest BCUT2D eigenvalue weighted by Gasteiger charge is 2.18. The number of likely N-dealkylation sites (tertiary alicyclic amines) is 1. The Morgan fingerprint density at radius 3 is 2.53 bits per heavy atom. The second-order valence-electron chi connectivity index (χ2n) is 9.57. The standard InChI is InChI=1S/C28H35N5O3/c1-20-7-9-24(10-8-20)28(35)32(3)18-15-25-30-27(36-31-25)23-13-11-22(12-14-23)26(34)29-16-19-33-17-5-4-6-21(33)2/h7-14,21H,4-6,15-19H2,1-3H3,(H,29,34). The van der Waals surface area contributed by atoms with Gasteiger partial charge >= 0.3 is 0 Å². The highest BCUT2D eigenvalue weighted by Crippen LogP contribution is 2.19. The number of benzene rings is 2. The third-order valence-corrected chi connectivity index (χ3v) is 6.80. The molecule has 36 heavy (non-hydrogen) atoms. The summed E-state index contributed by atoms with van der Waals surface area (Å²) < 4.78 is 5.41. The first-order valence-corrected chi connectivity index (χ1v) is 12.7. The molecule has 0 saturated carbocycles. The zero-order valence-electron chi connectivity index (χ0n) is 21.4. The van der Waals surface area contributed by atoms with Gasteiger partial charge in [-0.1, -0.05) is 29.3 Å². The molecule has 1 atom stereocenters. The number of nitrogens with zero attached hydrogens (tertiary/aromatic N) is 4.